The van der Waals surface area contributed by atoms with Gasteiger partial charge in [0, 0.05) is 16.8 Å². The Morgan fingerprint density at radius 2 is 0.860 bits per heavy atom. The number of thiazole rings is 2. The second kappa shape index (κ2) is 11.8. The molecule has 0 spiro atoms. The van der Waals surface area contributed by atoms with Crippen molar-refractivity contribution in [2.24, 2.45) is 0 Å². The van der Waals surface area contributed by atoms with E-state index < -0.39 is 0 Å². The fourth-order valence-electron chi connectivity index (χ4n) is 6.68. The van der Waals surface area contributed by atoms with Crippen LogP contribution in [0.5, 0.6) is 11.5 Å². The lowest BCUT2D eigenvalue weighted by atomic mass is 9.99. The van der Waals surface area contributed by atoms with Crippen LogP contribution in [0, 0.1) is 0 Å². The monoisotopic (exact) mass is 677 g/mol. The lowest BCUT2D eigenvalue weighted by Crippen LogP contribution is -2.15. The molecule has 0 aliphatic carbocycles. The van der Waals surface area contributed by atoms with Crippen molar-refractivity contribution in [3.63, 3.8) is 0 Å². The number of para-hydroxylation sites is 3. The second-order valence-corrected chi connectivity index (χ2v) is 14.3. The van der Waals surface area contributed by atoms with E-state index in [0.717, 1.165) is 83.0 Å². The fourth-order valence-corrected chi connectivity index (χ4v) is 8.60. The molecule has 0 atom stereocenters. The lowest BCUT2D eigenvalue weighted by molar-refractivity contribution is 0.477. The molecular formula is C44H27N3OS2. The number of benzene rings is 7. The zero-order valence-electron chi connectivity index (χ0n) is 26.7. The SMILES string of the molecule is c1ccc(N2c3ccc(-c4cccc(-c5nc6ccccc6s5)c4)cc3Oc3cc(-c4cccc(-c5nc6ccccc6s5)c4)ccc32)cc1. The Balaban J connectivity index is 1.04. The first-order chi connectivity index (χ1) is 24.7. The topological polar surface area (TPSA) is 38.2 Å². The van der Waals surface area contributed by atoms with Crippen molar-refractivity contribution in [3.05, 3.63) is 164 Å². The van der Waals surface area contributed by atoms with Gasteiger partial charge in [0.1, 0.15) is 10.0 Å². The van der Waals surface area contributed by atoms with Crippen LogP contribution in [0.15, 0.2) is 164 Å². The summed E-state index contributed by atoms with van der Waals surface area (Å²) in [5.41, 5.74) is 11.8. The Hall–Kier alpha value is -6.08. The van der Waals surface area contributed by atoms with E-state index in [1.807, 2.05) is 12.1 Å². The van der Waals surface area contributed by atoms with E-state index in [1.54, 1.807) is 22.7 Å². The average molecular weight is 678 g/mol. The van der Waals surface area contributed by atoms with E-state index in [4.69, 9.17) is 14.7 Å². The van der Waals surface area contributed by atoms with E-state index >= 15 is 0 Å². The third-order valence-corrected chi connectivity index (χ3v) is 11.3. The van der Waals surface area contributed by atoms with E-state index in [-0.39, 0.29) is 0 Å². The normalized spacial score (nSPS) is 12.1. The molecule has 236 valence electrons. The minimum Gasteiger partial charge on any atom is -0.453 e. The predicted octanol–water partition coefficient (Wildman–Crippen LogP) is 13.1. The van der Waals surface area contributed by atoms with Gasteiger partial charge in [0.05, 0.1) is 31.8 Å². The first-order valence-electron chi connectivity index (χ1n) is 16.5. The third-order valence-electron chi connectivity index (χ3n) is 9.11. The summed E-state index contributed by atoms with van der Waals surface area (Å²) in [6.07, 6.45) is 0. The van der Waals surface area contributed by atoms with Gasteiger partial charge in [0.2, 0.25) is 0 Å². The van der Waals surface area contributed by atoms with Crippen molar-refractivity contribution in [1.82, 2.24) is 9.97 Å². The van der Waals surface area contributed by atoms with Crippen LogP contribution in [0.2, 0.25) is 0 Å². The summed E-state index contributed by atoms with van der Waals surface area (Å²) in [7, 11) is 0. The largest absolute Gasteiger partial charge is 0.453 e. The van der Waals surface area contributed by atoms with Gasteiger partial charge in [-0.1, -0.05) is 91.0 Å². The second-order valence-electron chi connectivity index (χ2n) is 12.3. The molecule has 0 saturated carbocycles. The quantitative estimate of drug-likeness (QED) is 0.182. The zero-order chi connectivity index (χ0) is 33.0. The molecule has 50 heavy (non-hydrogen) atoms. The van der Waals surface area contributed by atoms with Crippen LogP contribution in [-0.4, -0.2) is 9.97 Å². The van der Waals surface area contributed by atoms with Crippen LogP contribution >= 0.6 is 22.7 Å². The van der Waals surface area contributed by atoms with E-state index in [1.165, 1.54) is 9.40 Å². The molecule has 0 fully saturated rings. The standard InChI is InChI=1S/C44H27N3OS2/c1-2-14-34(15-3-1)47-37-22-20-30(28-10-8-12-32(24-28)43-45-35-16-4-6-18-41(35)49-43)26-39(37)48-40-27-31(21-23-38(40)47)29-11-9-13-33(25-29)44-46-36-17-5-7-19-42(36)50-44/h1-27H. The van der Waals surface area contributed by atoms with Crippen LogP contribution in [0.25, 0.3) is 63.8 Å². The Bertz CT molecular complexity index is 2480. The summed E-state index contributed by atoms with van der Waals surface area (Å²) in [6.45, 7) is 0. The van der Waals surface area contributed by atoms with E-state index in [0.29, 0.717) is 0 Å². The van der Waals surface area contributed by atoms with E-state index in [2.05, 4.69) is 157 Å². The van der Waals surface area contributed by atoms with Gasteiger partial charge < -0.3 is 9.64 Å². The van der Waals surface area contributed by atoms with Crippen molar-refractivity contribution in [1.29, 1.82) is 0 Å². The van der Waals surface area contributed by atoms with Crippen molar-refractivity contribution in [2.75, 3.05) is 4.90 Å². The molecule has 3 heterocycles. The van der Waals surface area contributed by atoms with Crippen molar-refractivity contribution >= 4 is 60.2 Å². The number of hydrogen-bond donors (Lipinski definition) is 0. The summed E-state index contributed by atoms with van der Waals surface area (Å²) >= 11 is 3.44. The zero-order valence-corrected chi connectivity index (χ0v) is 28.3. The fraction of sp³-hybridized carbons (Fsp3) is 0. The molecular weight excluding hydrogens is 651 g/mol. The molecule has 7 aromatic carbocycles. The number of anilines is 3. The van der Waals surface area contributed by atoms with Crippen LogP contribution in [0.1, 0.15) is 0 Å². The van der Waals surface area contributed by atoms with Crippen LogP contribution in [-0.2, 0) is 0 Å². The molecule has 0 N–H and O–H groups in total. The highest BCUT2D eigenvalue weighted by Gasteiger charge is 2.27. The summed E-state index contributed by atoms with van der Waals surface area (Å²) in [4.78, 5) is 12.1. The Morgan fingerprint density at radius 1 is 0.400 bits per heavy atom. The summed E-state index contributed by atoms with van der Waals surface area (Å²) in [5, 5.41) is 2.04. The molecule has 0 unspecified atom stereocenters. The summed E-state index contributed by atoms with van der Waals surface area (Å²) < 4.78 is 9.19. The number of nitrogens with zero attached hydrogens (tertiary/aromatic N) is 3. The summed E-state index contributed by atoms with van der Waals surface area (Å²) in [5.74, 6) is 1.62. The van der Waals surface area contributed by atoms with Gasteiger partial charge in [-0.2, -0.15) is 0 Å². The lowest BCUT2D eigenvalue weighted by Gasteiger charge is -2.33. The van der Waals surface area contributed by atoms with Gasteiger partial charge in [-0.25, -0.2) is 9.97 Å². The molecule has 0 amide bonds. The molecule has 0 radical (unpaired) electrons. The minimum atomic E-state index is 0.810. The number of rotatable bonds is 5. The Kier molecular flexibility index (Phi) is 6.82. The summed E-state index contributed by atoms with van der Waals surface area (Å²) in [6, 6.07) is 57.4. The van der Waals surface area contributed by atoms with Gasteiger partial charge in [0.25, 0.3) is 0 Å². The maximum atomic E-state index is 6.80. The smallest absolute Gasteiger partial charge is 0.152 e. The van der Waals surface area contributed by atoms with E-state index in [9.17, 15) is 0 Å². The minimum absolute atomic E-state index is 0.810. The maximum Gasteiger partial charge on any atom is 0.152 e. The third kappa shape index (κ3) is 5.05. The van der Waals surface area contributed by atoms with Crippen molar-refractivity contribution in [3.8, 4) is 54.9 Å². The number of aromatic nitrogens is 2. The number of fused-ring (bicyclic) bond motifs is 4. The molecule has 1 aliphatic rings. The maximum absolute atomic E-state index is 6.80. The van der Waals surface area contributed by atoms with Gasteiger partial charge in [-0.15, -0.1) is 22.7 Å². The average Bonchev–Trinajstić information content (AvgIpc) is 3.82. The molecule has 2 aromatic heterocycles. The number of ether oxygens (including phenoxy) is 1. The van der Waals surface area contributed by atoms with Crippen LogP contribution < -0.4 is 9.64 Å². The molecule has 0 saturated heterocycles. The first kappa shape index (κ1) is 28.9. The highest BCUT2D eigenvalue weighted by Crippen LogP contribution is 2.52. The van der Waals surface area contributed by atoms with Gasteiger partial charge in [-0.05, 0) is 95.1 Å². The first-order valence-corrected chi connectivity index (χ1v) is 18.1. The molecule has 1 aliphatic heterocycles. The molecule has 10 rings (SSSR count). The van der Waals surface area contributed by atoms with Gasteiger partial charge in [-0.3, -0.25) is 0 Å². The molecule has 9 aromatic rings. The Morgan fingerprint density at radius 3 is 1.38 bits per heavy atom. The molecule has 6 heteroatoms. The molecule has 4 nitrogen and oxygen atoms in total. The highest BCUT2D eigenvalue weighted by atomic mass is 32.1. The highest BCUT2D eigenvalue weighted by molar-refractivity contribution is 7.22. The van der Waals surface area contributed by atoms with Crippen molar-refractivity contribution in [2.45, 2.75) is 0 Å². The molecule has 0 bridgehead atoms. The van der Waals surface area contributed by atoms with Crippen LogP contribution in [0.3, 0.4) is 0 Å². The van der Waals surface area contributed by atoms with Gasteiger partial charge >= 0.3 is 0 Å². The van der Waals surface area contributed by atoms with Gasteiger partial charge in [0.15, 0.2) is 11.5 Å². The van der Waals surface area contributed by atoms with Crippen LogP contribution in [0.4, 0.5) is 17.1 Å². The van der Waals surface area contributed by atoms with Crippen molar-refractivity contribution < 1.29 is 4.74 Å². The predicted molar refractivity (Wildman–Crippen MR) is 209 cm³/mol. The Labute approximate surface area is 297 Å². The number of hydrogen-bond acceptors (Lipinski definition) is 6.